The van der Waals surface area contributed by atoms with Crippen LogP contribution in [0.3, 0.4) is 0 Å². The Morgan fingerprint density at radius 2 is 1.75 bits per heavy atom. The van der Waals surface area contributed by atoms with Crippen LogP contribution in [0.25, 0.3) is 11.5 Å². The first kappa shape index (κ1) is 16.2. The zero-order valence-electron chi connectivity index (χ0n) is 11.0. The third kappa shape index (κ3) is 3.35. The second-order valence-electron chi connectivity index (χ2n) is 5.23. The van der Waals surface area contributed by atoms with E-state index < -0.39 is 0 Å². The molecule has 2 rings (SSSR count). The summed E-state index contributed by atoms with van der Waals surface area (Å²) in [4.78, 5) is 13.0. The fraction of sp³-hybridized carbons (Fsp3) is 0.308. The van der Waals surface area contributed by atoms with Gasteiger partial charge in [0.05, 0.1) is 19.3 Å². The molecule has 7 heteroatoms. The maximum atomic E-state index is 6.20. The second kappa shape index (κ2) is 5.91. The maximum absolute atomic E-state index is 6.20. The summed E-state index contributed by atoms with van der Waals surface area (Å²) >= 11 is 20.4. The minimum absolute atomic E-state index is 0.156. The van der Waals surface area contributed by atoms with E-state index in [4.69, 9.17) is 34.8 Å². The predicted octanol–water partition coefficient (Wildman–Crippen LogP) is 5.40. The van der Waals surface area contributed by atoms with E-state index in [1.54, 1.807) is 6.07 Å². The van der Waals surface area contributed by atoms with Crippen molar-refractivity contribution in [1.82, 2.24) is 15.0 Å². The van der Waals surface area contributed by atoms with Gasteiger partial charge in [0, 0.05) is 11.6 Å². The number of rotatable bonds is 1. The van der Waals surface area contributed by atoms with Crippen LogP contribution in [0.5, 0.6) is 0 Å². The van der Waals surface area contributed by atoms with Crippen molar-refractivity contribution in [3.63, 3.8) is 0 Å². The standard InChI is InChI=1S/C13H11Cl3IN3/c1-13(2,3)10-8(17)11(16)20-12(19-10)9-7(15)4-6(14)5-18-9/h4-5H,1-3H3. The molecule has 0 unspecified atom stereocenters. The first-order valence-corrected chi connectivity index (χ1v) is 7.96. The van der Waals surface area contributed by atoms with E-state index in [1.165, 1.54) is 6.20 Å². The number of hydrogen-bond acceptors (Lipinski definition) is 3. The Labute approximate surface area is 146 Å². The van der Waals surface area contributed by atoms with Crippen LogP contribution in [0, 0.1) is 3.57 Å². The Bertz CT molecular complexity index is 669. The minimum Gasteiger partial charge on any atom is -0.250 e. The summed E-state index contributed by atoms with van der Waals surface area (Å²) in [6.45, 7) is 6.19. The Morgan fingerprint density at radius 1 is 1.10 bits per heavy atom. The molecule has 0 spiro atoms. The number of aromatic nitrogens is 3. The zero-order valence-corrected chi connectivity index (χ0v) is 15.4. The molecule has 0 saturated heterocycles. The molecule has 0 fully saturated rings. The van der Waals surface area contributed by atoms with Crippen molar-refractivity contribution in [2.45, 2.75) is 26.2 Å². The van der Waals surface area contributed by atoms with Gasteiger partial charge >= 0.3 is 0 Å². The van der Waals surface area contributed by atoms with Gasteiger partial charge in [-0.15, -0.1) is 0 Å². The van der Waals surface area contributed by atoms with Crippen LogP contribution in [-0.4, -0.2) is 15.0 Å². The summed E-state index contributed by atoms with van der Waals surface area (Å²) < 4.78 is 0.839. The van der Waals surface area contributed by atoms with E-state index in [-0.39, 0.29) is 5.41 Å². The van der Waals surface area contributed by atoms with E-state index in [0.717, 1.165) is 9.26 Å². The smallest absolute Gasteiger partial charge is 0.181 e. The number of pyridine rings is 1. The van der Waals surface area contributed by atoms with Crippen LogP contribution in [0.4, 0.5) is 0 Å². The van der Waals surface area contributed by atoms with Gasteiger partial charge < -0.3 is 0 Å². The molecule has 0 atom stereocenters. The molecule has 0 aliphatic carbocycles. The molecule has 2 aromatic rings. The molecule has 0 saturated carbocycles. The average molecular weight is 443 g/mol. The molecule has 0 aromatic carbocycles. The van der Waals surface area contributed by atoms with Crippen LogP contribution >= 0.6 is 57.4 Å². The molecule has 0 radical (unpaired) electrons. The van der Waals surface area contributed by atoms with Gasteiger partial charge in [0.2, 0.25) is 0 Å². The zero-order chi connectivity index (χ0) is 15.1. The largest absolute Gasteiger partial charge is 0.250 e. The van der Waals surface area contributed by atoms with Crippen molar-refractivity contribution in [2.24, 2.45) is 0 Å². The molecule has 20 heavy (non-hydrogen) atoms. The molecule has 0 bridgehead atoms. The lowest BCUT2D eigenvalue weighted by Gasteiger charge is -2.20. The highest BCUT2D eigenvalue weighted by atomic mass is 127. The van der Waals surface area contributed by atoms with Gasteiger partial charge in [0.15, 0.2) is 5.82 Å². The van der Waals surface area contributed by atoms with Gasteiger partial charge in [-0.1, -0.05) is 55.6 Å². The quantitative estimate of drug-likeness (QED) is 0.438. The number of hydrogen-bond donors (Lipinski definition) is 0. The first-order valence-electron chi connectivity index (χ1n) is 5.75. The SMILES string of the molecule is CC(C)(C)c1nc(-c2ncc(Cl)cc2Cl)nc(Cl)c1I. The van der Waals surface area contributed by atoms with E-state index in [9.17, 15) is 0 Å². The van der Waals surface area contributed by atoms with Crippen molar-refractivity contribution in [2.75, 3.05) is 0 Å². The molecule has 2 aromatic heterocycles. The van der Waals surface area contributed by atoms with Crippen LogP contribution < -0.4 is 0 Å². The lowest BCUT2D eigenvalue weighted by molar-refractivity contribution is 0.563. The summed E-state index contributed by atoms with van der Waals surface area (Å²) in [5, 5.41) is 1.26. The molecule has 3 nitrogen and oxygen atoms in total. The van der Waals surface area contributed by atoms with Crippen LogP contribution in [0.1, 0.15) is 26.5 Å². The average Bonchev–Trinajstić information content (AvgIpc) is 2.31. The predicted molar refractivity (Wildman–Crippen MR) is 91.7 cm³/mol. The van der Waals surface area contributed by atoms with Gasteiger partial charge in [-0.3, -0.25) is 0 Å². The molecule has 0 aliphatic heterocycles. The summed E-state index contributed by atoms with van der Waals surface area (Å²) in [5.74, 6) is 0.405. The molecule has 0 aliphatic rings. The number of halogens is 4. The first-order chi connectivity index (χ1) is 9.20. The van der Waals surface area contributed by atoms with E-state index >= 15 is 0 Å². The topological polar surface area (TPSA) is 38.7 Å². The third-order valence-corrected chi connectivity index (χ3v) is 4.65. The maximum Gasteiger partial charge on any atom is 0.181 e. The lowest BCUT2D eigenvalue weighted by Crippen LogP contribution is -2.17. The fourth-order valence-corrected chi connectivity index (χ4v) is 3.29. The Hall–Kier alpha value is -0.170. The molecule has 106 valence electrons. The van der Waals surface area contributed by atoms with Gasteiger partial charge in [0.25, 0.3) is 0 Å². The van der Waals surface area contributed by atoms with Crippen molar-refractivity contribution in [3.8, 4) is 11.5 Å². The van der Waals surface area contributed by atoms with Gasteiger partial charge in [0.1, 0.15) is 10.8 Å². The molecule has 0 N–H and O–H groups in total. The highest BCUT2D eigenvalue weighted by Crippen LogP contribution is 2.33. The summed E-state index contributed by atoms with van der Waals surface area (Å²) in [6, 6.07) is 1.61. The molecule has 2 heterocycles. The van der Waals surface area contributed by atoms with Crippen molar-refractivity contribution in [1.29, 1.82) is 0 Å². The summed E-state index contributed by atoms with van der Waals surface area (Å²) in [5.41, 5.74) is 1.18. The van der Waals surface area contributed by atoms with Gasteiger partial charge in [-0.05, 0) is 28.7 Å². The van der Waals surface area contributed by atoms with Crippen molar-refractivity contribution in [3.05, 3.63) is 36.7 Å². The molecular formula is C13H11Cl3IN3. The lowest BCUT2D eigenvalue weighted by atomic mass is 9.92. The third-order valence-electron chi connectivity index (χ3n) is 2.54. The normalized spacial score (nSPS) is 11.8. The Balaban J connectivity index is 2.67. The van der Waals surface area contributed by atoms with E-state index in [2.05, 4.69) is 58.3 Å². The highest BCUT2D eigenvalue weighted by molar-refractivity contribution is 14.1. The Morgan fingerprint density at radius 3 is 2.30 bits per heavy atom. The van der Waals surface area contributed by atoms with E-state index in [0.29, 0.717) is 26.7 Å². The van der Waals surface area contributed by atoms with E-state index in [1.807, 2.05) is 0 Å². The van der Waals surface area contributed by atoms with Crippen LogP contribution in [0.2, 0.25) is 15.2 Å². The van der Waals surface area contributed by atoms with Crippen LogP contribution in [-0.2, 0) is 5.41 Å². The second-order valence-corrected chi connectivity index (χ2v) is 7.51. The number of nitrogens with zero attached hydrogens (tertiary/aromatic N) is 3. The van der Waals surface area contributed by atoms with Crippen molar-refractivity contribution < 1.29 is 0 Å². The van der Waals surface area contributed by atoms with Crippen molar-refractivity contribution >= 4 is 57.4 Å². The van der Waals surface area contributed by atoms with Gasteiger partial charge in [-0.25, -0.2) is 15.0 Å². The molecular weight excluding hydrogens is 431 g/mol. The minimum atomic E-state index is -0.156. The summed E-state index contributed by atoms with van der Waals surface area (Å²) in [7, 11) is 0. The van der Waals surface area contributed by atoms with Gasteiger partial charge in [-0.2, -0.15) is 0 Å². The summed E-state index contributed by atoms with van der Waals surface area (Å²) in [6.07, 6.45) is 1.51. The highest BCUT2D eigenvalue weighted by Gasteiger charge is 2.24. The van der Waals surface area contributed by atoms with Crippen LogP contribution in [0.15, 0.2) is 12.3 Å². The Kier molecular flexibility index (Phi) is 4.79. The molecule has 0 amide bonds. The fourth-order valence-electron chi connectivity index (χ4n) is 1.60. The monoisotopic (exact) mass is 441 g/mol.